The molecule has 1 saturated carbocycles. The molecule has 5 nitrogen and oxygen atoms in total. The summed E-state index contributed by atoms with van der Waals surface area (Å²) < 4.78 is 18.7. The molecule has 1 N–H and O–H groups in total. The zero-order valence-corrected chi connectivity index (χ0v) is 13.8. The van der Waals surface area contributed by atoms with Gasteiger partial charge < -0.3 is 15.0 Å². The summed E-state index contributed by atoms with van der Waals surface area (Å²) in [6.07, 6.45) is 2.50. The van der Waals surface area contributed by atoms with Crippen LogP contribution in [0, 0.1) is 5.82 Å². The van der Waals surface area contributed by atoms with Gasteiger partial charge in [0, 0.05) is 36.9 Å². The Labute approximate surface area is 145 Å². The Hall–Kier alpha value is -2.47. The van der Waals surface area contributed by atoms with Gasteiger partial charge in [-0.05, 0) is 36.2 Å². The molecule has 2 fully saturated rings. The highest BCUT2D eigenvalue weighted by Crippen LogP contribution is 2.41. The van der Waals surface area contributed by atoms with Gasteiger partial charge >= 0.3 is 0 Å². The van der Waals surface area contributed by atoms with Crippen LogP contribution in [-0.2, 0) is 4.74 Å². The van der Waals surface area contributed by atoms with E-state index in [1.165, 1.54) is 12.1 Å². The van der Waals surface area contributed by atoms with Crippen LogP contribution < -0.4 is 10.2 Å². The maximum absolute atomic E-state index is 13.3. The third-order valence-electron chi connectivity index (χ3n) is 4.74. The van der Waals surface area contributed by atoms with E-state index in [2.05, 4.69) is 15.2 Å². The van der Waals surface area contributed by atoms with E-state index in [-0.39, 0.29) is 23.7 Å². The Bertz CT molecular complexity index is 777. The van der Waals surface area contributed by atoms with Gasteiger partial charge in [-0.25, -0.2) is 4.39 Å². The van der Waals surface area contributed by atoms with E-state index in [9.17, 15) is 9.18 Å². The third-order valence-corrected chi connectivity index (χ3v) is 4.74. The van der Waals surface area contributed by atoms with Crippen LogP contribution in [0.2, 0.25) is 0 Å². The lowest BCUT2D eigenvalue weighted by molar-refractivity contribution is 0.0945. The minimum absolute atomic E-state index is 0.0446. The predicted molar refractivity (Wildman–Crippen MR) is 92.3 cm³/mol. The first-order valence-corrected chi connectivity index (χ1v) is 8.56. The number of anilines is 1. The summed E-state index contributed by atoms with van der Waals surface area (Å²) in [5.74, 6) is -0.240. The number of amides is 1. The monoisotopic (exact) mass is 341 g/mol. The molecule has 2 aromatic rings. The Kier molecular flexibility index (Phi) is 4.36. The molecule has 0 unspecified atom stereocenters. The van der Waals surface area contributed by atoms with Crippen molar-refractivity contribution in [3.05, 3.63) is 59.7 Å². The topological polar surface area (TPSA) is 54.5 Å². The fraction of sp³-hybridized carbons (Fsp3) is 0.368. The van der Waals surface area contributed by atoms with Gasteiger partial charge in [0.15, 0.2) is 0 Å². The molecule has 1 aromatic carbocycles. The van der Waals surface area contributed by atoms with Crippen LogP contribution in [-0.4, -0.2) is 43.2 Å². The number of nitrogens with zero attached hydrogens (tertiary/aromatic N) is 2. The molecule has 130 valence electrons. The van der Waals surface area contributed by atoms with Crippen LogP contribution in [0.25, 0.3) is 0 Å². The van der Waals surface area contributed by atoms with Crippen molar-refractivity contribution < 1.29 is 13.9 Å². The maximum atomic E-state index is 13.3. The van der Waals surface area contributed by atoms with Crippen molar-refractivity contribution in [3.8, 4) is 0 Å². The lowest BCUT2D eigenvalue weighted by atomic mass is 10.1. The Morgan fingerprint density at radius 1 is 1.24 bits per heavy atom. The van der Waals surface area contributed by atoms with E-state index in [4.69, 9.17) is 4.74 Å². The first-order chi connectivity index (χ1) is 12.2. The van der Waals surface area contributed by atoms with Crippen molar-refractivity contribution >= 4 is 11.6 Å². The molecule has 4 rings (SSSR count). The molecule has 1 saturated heterocycles. The minimum Gasteiger partial charge on any atom is -0.378 e. The molecular formula is C19H20FN3O2. The van der Waals surface area contributed by atoms with Crippen molar-refractivity contribution in [2.24, 2.45) is 0 Å². The summed E-state index contributed by atoms with van der Waals surface area (Å²) in [4.78, 5) is 18.9. The Morgan fingerprint density at radius 2 is 2.08 bits per heavy atom. The summed E-state index contributed by atoms with van der Waals surface area (Å²) in [6.45, 7) is 3.02. The summed E-state index contributed by atoms with van der Waals surface area (Å²) in [7, 11) is 0. The molecule has 2 atom stereocenters. The number of halogens is 1. The maximum Gasteiger partial charge on any atom is 0.270 e. The zero-order valence-electron chi connectivity index (χ0n) is 13.8. The average Bonchev–Trinajstić information content (AvgIpc) is 3.42. The van der Waals surface area contributed by atoms with Crippen LogP contribution in [0.3, 0.4) is 0 Å². The molecule has 2 heterocycles. The summed E-state index contributed by atoms with van der Waals surface area (Å²) in [6, 6.07) is 10.3. The number of benzene rings is 1. The second kappa shape index (κ2) is 6.80. The SMILES string of the molecule is O=C(N[C@H]1C[C@H]1c1cccc(F)c1)c1cc(N2CCOCC2)ccn1. The molecule has 6 heteroatoms. The van der Waals surface area contributed by atoms with Crippen LogP contribution in [0.15, 0.2) is 42.6 Å². The summed E-state index contributed by atoms with van der Waals surface area (Å²) >= 11 is 0. The molecule has 25 heavy (non-hydrogen) atoms. The second-order valence-corrected chi connectivity index (χ2v) is 6.48. The fourth-order valence-corrected chi connectivity index (χ4v) is 3.26. The predicted octanol–water partition coefficient (Wildman–Crippen LogP) is 2.34. The average molecular weight is 341 g/mol. The lowest BCUT2D eigenvalue weighted by Gasteiger charge is -2.28. The fourth-order valence-electron chi connectivity index (χ4n) is 3.26. The molecular weight excluding hydrogens is 321 g/mol. The smallest absolute Gasteiger partial charge is 0.270 e. The first kappa shape index (κ1) is 16.0. The minimum atomic E-state index is -0.241. The van der Waals surface area contributed by atoms with E-state index in [0.29, 0.717) is 18.9 Å². The molecule has 2 aliphatic rings. The van der Waals surface area contributed by atoms with Crippen molar-refractivity contribution in [2.75, 3.05) is 31.2 Å². The number of rotatable bonds is 4. The normalized spacial score (nSPS) is 22.5. The van der Waals surface area contributed by atoms with Crippen molar-refractivity contribution in [1.29, 1.82) is 0 Å². The van der Waals surface area contributed by atoms with E-state index in [1.54, 1.807) is 12.3 Å². The number of ether oxygens (including phenoxy) is 1. The number of nitrogens with one attached hydrogen (secondary N) is 1. The van der Waals surface area contributed by atoms with Crippen molar-refractivity contribution in [2.45, 2.75) is 18.4 Å². The molecule has 1 aromatic heterocycles. The van der Waals surface area contributed by atoms with Gasteiger partial charge in [0.2, 0.25) is 0 Å². The highest BCUT2D eigenvalue weighted by Gasteiger charge is 2.39. The van der Waals surface area contributed by atoms with Gasteiger partial charge in [-0.15, -0.1) is 0 Å². The number of hydrogen-bond donors (Lipinski definition) is 1. The lowest BCUT2D eigenvalue weighted by Crippen LogP contribution is -2.36. The molecule has 1 aliphatic heterocycles. The van der Waals surface area contributed by atoms with Gasteiger partial charge in [-0.2, -0.15) is 0 Å². The van der Waals surface area contributed by atoms with Gasteiger partial charge in [0.25, 0.3) is 5.91 Å². The number of pyridine rings is 1. The van der Waals surface area contributed by atoms with Crippen LogP contribution >= 0.6 is 0 Å². The second-order valence-electron chi connectivity index (χ2n) is 6.48. The zero-order chi connectivity index (χ0) is 17.2. The highest BCUT2D eigenvalue weighted by molar-refractivity contribution is 5.93. The molecule has 1 aliphatic carbocycles. The van der Waals surface area contributed by atoms with E-state index in [0.717, 1.165) is 30.8 Å². The van der Waals surface area contributed by atoms with Gasteiger partial charge in [-0.3, -0.25) is 9.78 Å². The summed E-state index contributed by atoms with van der Waals surface area (Å²) in [5.41, 5.74) is 2.33. The van der Waals surface area contributed by atoms with E-state index < -0.39 is 0 Å². The number of hydrogen-bond acceptors (Lipinski definition) is 4. The van der Waals surface area contributed by atoms with E-state index in [1.807, 2.05) is 18.2 Å². The quantitative estimate of drug-likeness (QED) is 0.927. The summed E-state index contributed by atoms with van der Waals surface area (Å²) in [5, 5.41) is 3.00. The van der Waals surface area contributed by atoms with Crippen molar-refractivity contribution in [3.63, 3.8) is 0 Å². The molecule has 0 radical (unpaired) electrons. The largest absolute Gasteiger partial charge is 0.378 e. The number of carbonyl (C=O) groups is 1. The van der Waals surface area contributed by atoms with E-state index >= 15 is 0 Å². The highest BCUT2D eigenvalue weighted by atomic mass is 19.1. The Balaban J connectivity index is 1.40. The van der Waals surface area contributed by atoms with Gasteiger partial charge in [0.05, 0.1) is 13.2 Å². The molecule has 0 spiro atoms. The standard InChI is InChI=1S/C19H20FN3O2/c20-14-3-1-2-13(10-14)16-12-17(16)22-19(24)18-11-15(4-5-21-18)23-6-8-25-9-7-23/h1-5,10-11,16-17H,6-9,12H2,(H,22,24)/t16-,17-/m0/s1. The van der Waals surface area contributed by atoms with Crippen LogP contribution in [0.4, 0.5) is 10.1 Å². The first-order valence-electron chi connectivity index (χ1n) is 8.56. The molecule has 0 bridgehead atoms. The van der Waals surface area contributed by atoms with Crippen LogP contribution in [0.5, 0.6) is 0 Å². The number of morpholine rings is 1. The van der Waals surface area contributed by atoms with Crippen molar-refractivity contribution in [1.82, 2.24) is 10.3 Å². The van der Waals surface area contributed by atoms with Gasteiger partial charge in [-0.1, -0.05) is 12.1 Å². The number of aromatic nitrogens is 1. The third kappa shape index (κ3) is 3.64. The number of carbonyl (C=O) groups excluding carboxylic acids is 1. The van der Waals surface area contributed by atoms with Crippen LogP contribution in [0.1, 0.15) is 28.4 Å². The Morgan fingerprint density at radius 3 is 2.88 bits per heavy atom. The molecule has 1 amide bonds. The van der Waals surface area contributed by atoms with Gasteiger partial charge in [0.1, 0.15) is 11.5 Å².